The molecule has 0 radical (unpaired) electrons. The number of benzene rings is 2. The van der Waals surface area contributed by atoms with Crippen LogP contribution in [0.15, 0.2) is 58.2 Å². The van der Waals surface area contributed by atoms with Gasteiger partial charge in [0.2, 0.25) is 6.10 Å². The number of nitrogens with zero attached hydrogens (tertiary/aromatic N) is 1. The molecule has 130 valence electrons. The van der Waals surface area contributed by atoms with Gasteiger partial charge in [-0.05, 0) is 48.9 Å². The molecule has 2 aromatic carbocycles. The van der Waals surface area contributed by atoms with Crippen molar-refractivity contribution in [2.24, 2.45) is 5.16 Å². The van der Waals surface area contributed by atoms with Crippen LogP contribution in [0.3, 0.4) is 0 Å². The Morgan fingerprint density at radius 2 is 1.76 bits per heavy atom. The lowest BCUT2D eigenvalue weighted by atomic mass is 10.1. The average molecular weight is 405 g/mol. The second-order valence-electron chi connectivity index (χ2n) is 5.09. The maximum Gasteiger partial charge on any atom is 0.337 e. The van der Waals surface area contributed by atoms with Crippen molar-refractivity contribution in [2.75, 3.05) is 12.4 Å². The minimum absolute atomic E-state index is 0.305. The van der Waals surface area contributed by atoms with Crippen LogP contribution < -0.4 is 5.32 Å². The molecule has 0 spiro atoms. The number of ether oxygens (including phenoxy) is 1. The van der Waals surface area contributed by atoms with Crippen molar-refractivity contribution < 1.29 is 19.2 Å². The lowest BCUT2D eigenvalue weighted by Gasteiger charge is -2.10. The zero-order chi connectivity index (χ0) is 18.2. The Balaban J connectivity index is 1.86. The predicted molar refractivity (Wildman–Crippen MR) is 98.7 cm³/mol. The Bertz CT molecular complexity index is 758. The van der Waals surface area contributed by atoms with Crippen LogP contribution in [0, 0.1) is 0 Å². The van der Waals surface area contributed by atoms with Gasteiger partial charge in [0.25, 0.3) is 5.91 Å². The molecule has 0 aliphatic heterocycles. The van der Waals surface area contributed by atoms with Crippen molar-refractivity contribution in [1.82, 2.24) is 0 Å². The quantitative estimate of drug-likeness (QED) is 0.453. The van der Waals surface area contributed by atoms with Crippen molar-refractivity contribution in [3.05, 3.63) is 64.1 Å². The minimum atomic E-state index is -0.755. The van der Waals surface area contributed by atoms with Crippen molar-refractivity contribution in [2.45, 2.75) is 13.0 Å². The number of nitrogens with one attached hydrogen (secondary N) is 1. The van der Waals surface area contributed by atoms with E-state index >= 15 is 0 Å². The largest absolute Gasteiger partial charge is 0.465 e. The van der Waals surface area contributed by atoms with E-state index in [0.717, 1.165) is 10.0 Å². The molecular weight excluding hydrogens is 388 g/mol. The highest BCUT2D eigenvalue weighted by Gasteiger charge is 2.14. The molecule has 1 unspecified atom stereocenters. The first-order valence-electron chi connectivity index (χ1n) is 7.43. The van der Waals surface area contributed by atoms with E-state index in [0.29, 0.717) is 11.3 Å². The number of carbonyl (C=O) groups excluding carboxylic acids is 2. The van der Waals surface area contributed by atoms with Crippen LogP contribution in [0.25, 0.3) is 0 Å². The summed E-state index contributed by atoms with van der Waals surface area (Å²) in [5, 5.41) is 6.54. The number of anilines is 1. The molecule has 0 bridgehead atoms. The maximum absolute atomic E-state index is 12.0. The van der Waals surface area contributed by atoms with Gasteiger partial charge in [-0.3, -0.25) is 4.79 Å². The lowest BCUT2D eigenvalue weighted by molar-refractivity contribution is -0.126. The highest BCUT2D eigenvalue weighted by Crippen LogP contribution is 2.14. The number of methoxy groups -OCH3 is 1. The second kappa shape index (κ2) is 8.98. The topological polar surface area (TPSA) is 77.0 Å². The van der Waals surface area contributed by atoms with Crippen LogP contribution in [-0.4, -0.2) is 31.3 Å². The Morgan fingerprint density at radius 1 is 1.12 bits per heavy atom. The number of carbonyl (C=O) groups is 2. The number of rotatable bonds is 6. The van der Waals surface area contributed by atoms with E-state index < -0.39 is 12.1 Å². The van der Waals surface area contributed by atoms with Gasteiger partial charge in [0, 0.05) is 10.2 Å². The molecule has 25 heavy (non-hydrogen) atoms. The van der Waals surface area contributed by atoms with Crippen molar-refractivity contribution in [3.63, 3.8) is 0 Å². The van der Waals surface area contributed by atoms with Crippen molar-refractivity contribution >= 4 is 39.7 Å². The summed E-state index contributed by atoms with van der Waals surface area (Å²) in [4.78, 5) is 28.5. The summed E-state index contributed by atoms with van der Waals surface area (Å²) >= 11 is 3.33. The van der Waals surface area contributed by atoms with Gasteiger partial charge < -0.3 is 14.9 Å². The standard InChI is InChI=1S/C18H17BrN2O4/c1-12(17(22)21-16-9-7-15(19)8-10-16)25-20-11-13-3-5-14(6-4-13)18(23)24-2/h3-12H,1-2H3,(H,21,22)/b20-11+. The second-order valence-corrected chi connectivity index (χ2v) is 6.01. The first-order chi connectivity index (χ1) is 12.0. The third-order valence-electron chi connectivity index (χ3n) is 3.23. The Hall–Kier alpha value is -2.67. The maximum atomic E-state index is 12.0. The van der Waals surface area contributed by atoms with E-state index in [1.807, 2.05) is 12.1 Å². The number of oxime groups is 1. The van der Waals surface area contributed by atoms with Crippen LogP contribution >= 0.6 is 15.9 Å². The molecule has 2 aromatic rings. The van der Waals surface area contributed by atoms with E-state index in [9.17, 15) is 9.59 Å². The molecule has 1 amide bonds. The van der Waals surface area contributed by atoms with E-state index in [1.54, 1.807) is 43.3 Å². The van der Waals surface area contributed by atoms with Crippen LogP contribution in [0.4, 0.5) is 5.69 Å². The number of esters is 1. The Kier molecular flexibility index (Phi) is 6.71. The highest BCUT2D eigenvalue weighted by atomic mass is 79.9. The van der Waals surface area contributed by atoms with E-state index in [4.69, 9.17) is 4.84 Å². The number of hydrogen-bond acceptors (Lipinski definition) is 5. The van der Waals surface area contributed by atoms with Crippen LogP contribution in [-0.2, 0) is 14.4 Å². The molecule has 0 fully saturated rings. The van der Waals surface area contributed by atoms with Crippen LogP contribution in [0.2, 0.25) is 0 Å². The molecule has 7 heteroatoms. The Morgan fingerprint density at radius 3 is 2.36 bits per heavy atom. The molecule has 0 aliphatic carbocycles. The predicted octanol–water partition coefficient (Wildman–Crippen LogP) is 3.61. The van der Waals surface area contributed by atoms with Gasteiger partial charge in [-0.15, -0.1) is 0 Å². The molecule has 1 N–H and O–H groups in total. The van der Waals surface area contributed by atoms with E-state index in [2.05, 4.69) is 31.1 Å². The van der Waals surface area contributed by atoms with E-state index in [1.165, 1.54) is 13.3 Å². The molecule has 0 saturated heterocycles. The SMILES string of the molecule is COC(=O)c1ccc(/C=N/OC(C)C(=O)Nc2ccc(Br)cc2)cc1. The Labute approximate surface area is 153 Å². The van der Waals surface area contributed by atoms with Crippen LogP contribution in [0.1, 0.15) is 22.8 Å². The fourth-order valence-corrected chi connectivity index (χ4v) is 2.10. The molecular formula is C18H17BrN2O4. The summed E-state index contributed by atoms with van der Waals surface area (Å²) in [5.41, 5.74) is 1.85. The molecule has 0 saturated carbocycles. The normalized spacial score (nSPS) is 11.8. The summed E-state index contributed by atoms with van der Waals surface area (Å²) in [6.45, 7) is 1.60. The molecule has 2 rings (SSSR count). The third-order valence-corrected chi connectivity index (χ3v) is 3.76. The van der Waals surface area contributed by atoms with Gasteiger partial charge in [0.15, 0.2) is 0 Å². The number of hydrogen-bond donors (Lipinski definition) is 1. The fourth-order valence-electron chi connectivity index (χ4n) is 1.83. The molecule has 0 aliphatic rings. The summed E-state index contributed by atoms with van der Waals surface area (Å²) in [6.07, 6.45) is 0.707. The minimum Gasteiger partial charge on any atom is -0.465 e. The third kappa shape index (κ3) is 5.72. The zero-order valence-corrected chi connectivity index (χ0v) is 15.3. The first-order valence-corrected chi connectivity index (χ1v) is 8.23. The molecule has 6 nitrogen and oxygen atoms in total. The fraction of sp³-hybridized carbons (Fsp3) is 0.167. The number of halogens is 1. The van der Waals surface area contributed by atoms with Crippen LogP contribution in [0.5, 0.6) is 0 Å². The van der Waals surface area contributed by atoms with Gasteiger partial charge >= 0.3 is 5.97 Å². The summed E-state index contributed by atoms with van der Waals surface area (Å²) in [6, 6.07) is 13.9. The smallest absolute Gasteiger partial charge is 0.337 e. The first kappa shape index (κ1) is 18.7. The summed E-state index contributed by atoms with van der Waals surface area (Å²) in [5.74, 6) is -0.710. The van der Waals surface area contributed by atoms with Crippen molar-refractivity contribution in [1.29, 1.82) is 0 Å². The van der Waals surface area contributed by atoms with Gasteiger partial charge in [0.05, 0.1) is 18.9 Å². The van der Waals surface area contributed by atoms with E-state index in [-0.39, 0.29) is 5.91 Å². The van der Waals surface area contributed by atoms with Crippen molar-refractivity contribution in [3.8, 4) is 0 Å². The summed E-state index contributed by atoms with van der Waals surface area (Å²) < 4.78 is 5.55. The molecule has 0 aromatic heterocycles. The average Bonchev–Trinajstić information content (AvgIpc) is 2.63. The zero-order valence-electron chi connectivity index (χ0n) is 13.7. The monoisotopic (exact) mass is 404 g/mol. The summed E-state index contributed by atoms with van der Waals surface area (Å²) in [7, 11) is 1.33. The molecule has 0 heterocycles. The van der Waals surface area contributed by atoms with Gasteiger partial charge in [-0.2, -0.15) is 0 Å². The van der Waals surface area contributed by atoms with Gasteiger partial charge in [-0.1, -0.05) is 33.2 Å². The lowest BCUT2D eigenvalue weighted by Crippen LogP contribution is -2.26. The highest BCUT2D eigenvalue weighted by molar-refractivity contribution is 9.10. The number of amides is 1. The van der Waals surface area contributed by atoms with Gasteiger partial charge in [-0.25, -0.2) is 4.79 Å². The molecule has 1 atom stereocenters. The van der Waals surface area contributed by atoms with Gasteiger partial charge in [0.1, 0.15) is 0 Å².